The number of benzene rings is 1. The van der Waals surface area contributed by atoms with Gasteiger partial charge in [-0.2, -0.15) is 0 Å². The molecule has 0 amide bonds. The van der Waals surface area contributed by atoms with E-state index in [9.17, 15) is 0 Å². The summed E-state index contributed by atoms with van der Waals surface area (Å²) in [6, 6.07) is 11.0. The van der Waals surface area contributed by atoms with Crippen LogP contribution in [0, 0.1) is 6.92 Å². The van der Waals surface area contributed by atoms with Crippen LogP contribution >= 0.6 is 0 Å². The van der Waals surface area contributed by atoms with Crippen LogP contribution in [0.3, 0.4) is 0 Å². The molecule has 0 radical (unpaired) electrons. The van der Waals surface area contributed by atoms with Crippen LogP contribution in [0.5, 0.6) is 0 Å². The van der Waals surface area contributed by atoms with Crippen molar-refractivity contribution in [3.8, 4) is 11.3 Å². The molecule has 1 aromatic carbocycles. The molecular formula is C19H22N2. The van der Waals surface area contributed by atoms with Crippen LogP contribution in [0.4, 0.5) is 0 Å². The lowest BCUT2D eigenvalue weighted by molar-refractivity contribution is 0.267. The van der Waals surface area contributed by atoms with Crippen molar-refractivity contribution in [2.45, 2.75) is 19.4 Å². The highest BCUT2D eigenvalue weighted by molar-refractivity contribution is 5.62. The zero-order valence-electron chi connectivity index (χ0n) is 12.6. The fraction of sp³-hybridized carbons (Fsp3) is 0.263. The van der Waals surface area contributed by atoms with Crippen molar-refractivity contribution in [1.82, 2.24) is 9.88 Å². The average molecular weight is 278 g/mol. The predicted octanol–water partition coefficient (Wildman–Crippen LogP) is 4.26. The van der Waals surface area contributed by atoms with Crippen molar-refractivity contribution < 1.29 is 0 Å². The van der Waals surface area contributed by atoms with Crippen LogP contribution in [0.15, 0.2) is 55.6 Å². The summed E-state index contributed by atoms with van der Waals surface area (Å²) in [5.74, 6) is 0.368. The topological polar surface area (TPSA) is 19.0 Å². The Morgan fingerprint density at radius 3 is 2.71 bits per heavy atom. The molecule has 0 bridgehead atoms. The second kappa shape index (κ2) is 5.74. The highest BCUT2D eigenvalue weighted by Gasteiger charge is 2.25. The van der Waals surface area contributed by atoms with Gasteiger partial charge in [0.25, 0.3) is 0 Å². The van der Waals surface area contributed by atoms with Crippen LogP contribution in [0.25, 0.3) is 11.3 Å². The Balaban J connectivity index is 1.96. The Morgan fingerprint density at radius 2 is 2.05 bits per heavy atom. The van der Waals surface area contributed by atoms with Gasteiger partial charge in [-0.25, -0.2) is 0 Å². The second-order valence-electron chi connectivity index (χ2n) is 5.81. The Morgan fingerprint density at radius 1 is 1.29 bits per heavy atom. The fourth-order valence-electron chi connectivity index (χ4n) is 3.05. The molecule has 0 saturated carbocycles. The molecule has 0 spiro atoms. The summed E-state index contributed by atoms with van der Waals surface area (Å²) in [5.41, 5.74) is 6.43. The average Bonchev–Trinajstić information content (AvgIpc) is 2.91. The molecule has 2 nitrogen and oxygen atoms in total. The van der Waals surface area contributed by atoms with E-state index in [4.69, 9.17) is 0 Å². The van der Waals surface area contributed by atoms with E-state index in [1.807, 2.05) is 12.2 Å². The molecule has 1 atom stereocenters. The van der Waals surface area contributed by atoms with Crippen LogP contribution < -0.4 is 0 Å². The Labute approximate surface area is 126 Å². The number of rotatable bonds is 4. The summed E-state index contributed by atoms with van der Waals surface area (Å²) in [6.07, 6.45) is 4.02. The van der Waals surface area contributed by atoms with Crippen LogP contribution in [-0.2, 0) is 6.54 Å². The molecular weight excluding hydrogens is 256 g/mol. The molecule has 1 aliphatic rings. The van der Waals surface area contributed by atoms with Crippen molar-refractivity contribution in [2.75, 3.05) is 13.1 Å². The molecule has 0 saturated heterocycles. The van der Waals surface area contributed by atoms with Crippen molar-refractivity contribution in [1.29, 1.82) is 0 Å². The summed E-state index contributed by atoms with van der Waals surface area (Å²) in [5, 5.41) is 0. The molecule has 21 heavy (non-hydrogen) atoms. The molecule has 1 aliphatic heterocycles. The number of aromatic amines is 1. The van der Waals surface area contributed by atoms with E-state index in [1.165, 1.54) is 28.1 Å². The van der Waals surface area contributed by atoms with Crippen LogP contribution in [0.2, 0.25) is 0 Å². The van der Waals surface area contributed by atoms with Gasteiger partial charge >= 0.3 is 0 Å². The van der Waals surface area contributed by atoms with E-state index in [0.29, 0.717) is 5.92 Å². The minimum absolute atomic E-state index is 0.368. The number of H-pyrrole nitrogens is 1. The SMILES string of the molecule is C=CCN1Cc2cc(-c3ccc(C)cc3)[nH]c2C(C=C)C1. The van der Waals surface area contributed by atoms with Gasteiger partial charge in [-0.3, -0.25) is 4.90 Å². The minimum Gasteiger partial charge on any atom is -0.358 e. The molecule has 2 aromatic rings. The van der Waals surface area contributed by atoms with E-state index in [-0.39, 0.29) is 0 Å². The monoisotopic (exact) mass is 278 g/mol. The number of nitrogens with zero attached hydrogens (tertiary/aromatic N) is 1. The number of hydrogen-bond donors (Lipinski definition) is 1. The van der Waals surface area contributed by atoms with Gasteiger partial charge in [0, 0.05) is 36.9 Å². The molecule has 108 valence electrons. The number of aromatic nitrogens is 1. The molecule has 1 N–H and O–H groups in total. The predicted molar refractivity (Wildman–Crippen MR) is 89.4 cm³/mol. The van der Waals surface area contributed by atoms with Gasteiger partial charge in [-0.1, -0.05) is 42.0 Å². The Bertz CT molecular complexity index is 649. The zero-order valence-corrected chi connectivity index (χ0v) is 12.6. The minimum atomic E-state index is 0.368. The molecule has 0 aliphatic carbocycles. The van der Waals surface area contributed by atoms with Crippen molar-refractivity contribution in [3.63, 3.8) is 0 Å². The van der Waals surface area contributed by atoms with E-state index in [0.717, 1.165) is 19.6 Å². The van der Waals surface area contributed by atoms with Crippen LogP contribution in [0.1, 0.15) is 22.7 Å². The van der Waals surface area contributed by atoms with Gasteiger partial charge in [0.15, 0.2) is 0 Å². The summed E-state index contributed by atoms with van der Waals surface area (Å²) in [4.78, 5) is 6.02. The maximum Gasteiger partial charge on any atom is 0.0459 e. The van der Waals surface area contributed by atoms with E-state index in [2.05, 4.69) is 60.3 Å². The lowest BCUT2D eigenvalue weighted by Crippen LogP contribution is -2.32. The summed E-state index contributed by atoms with van der Waals surface area (Å²) in [7, 11) is 0. The quantitative estimate of drug-likeness (QED) is 0.828. The fourth-order valence-corrected chi connectivity index (χ4v) is 3.05. The maximum absolute atomic E-state index is 4.00. The van der Waals surface area contributed by atoms with E-state index >= 15 is 0 Å². The molecule has 1 aromatic heterocycles. The first-order chi connectivity index (χ1) is 10.2. The standard InChI is InChI=1S/C19H22N2/c1-4-10-21-12-15(5-2)19-17(13-21)11-18(20-19)16-8-6-14(3)7-9-16/h4-9,11,15,20H,1-2,10,12-13H2,3H3. The van der Waals surface area contributed by atoms with Gasteiger partial charge in [0.2, 0.25) is 0 Å². The van der Waals surface area contributed by atoms with Gasteiger partial charge in [-0.15, -0.1) is 13.2 Å². The lowest BCUT2D eigenvalue weighted by atomic mass is 9.96. The molecule has 2 heterocycles. The number of hydrogen-bond acceptors (Lipinski definition) is 1. The summed E-state index contributed by atoms with van der Waals surface area (Å²) < 4.78 is 0. The van der Waals surface area contributed by atoms with Gasteiger partial charge < -0.3 is 4.98 Å². The van der Waals surface area contributed by atoms with Crippen molar-refractivity contribution in [2.24, 2.45) is 0 Å². The van der Waals surface area contributed by atoms with Crippen molar-refractivity contribution >= 4 is 0 Å². The highest BCUT2D eigenvalue weighted by Crippen LogP contribution is 2.32. The molecule has 1 unspecified atom stereocenters. The van der Waals surface area contributed by atoms with Crippen molar-refractivity contribution in [3.05, 3.63) is 72.5 Å². The normalized spacial score (nSPS) is 18.2. The smallest absolute Gasteiger partial charge is 0.0459 e. The first-order valence-electron chi connectivity index (χ1n) is 7.46. The molecule has 2 heteroatoms. The molecule has 3 rings (SSSR count). The Kier molecular flexibility index (Phi) is 3.80. The number of fused-ring (bicyclic) bond motifs is 1. The second-order valence-corrected chi connectivity index (χ2v) is 5.81. The first-order valence-corrected chi connectivity index (χ1v) is 7.46. The summed E-state index contributed by atoms with van der Waals surface area (Å²) >= 11 is 0. The zero-order chi connectivity index (χ0) is 14.8. The van der Waals surface area contributed by atoms with E-state index < -0.39 is 0 Å². The van der Waals surface area contributed by atoms with Gasteiger partial charge in [0.05, 0.1) is 0 Å². The van der Waals surface area contributed by atoms with Gasteiger partial charge in [-0.05, 0) is 24.1 Å². The van der Waals surface area contributed by atoms with E-state index in [1.54, 1.807) is 0 Å². The number of nitrogens with one attached hydrogen (secondary N) is 1. The third-order valence-corrected chi connectivity index (χ3v) is 4.19. The highest BCUT2D eigenvalue weighted by atomic mass is 15.1. The van der Waals surface area contributed by atoms with Crippen LogP contribution in [-0.4, -0.2) is 23.0 Å². The lowest BCUT2D eigenvalue weighted by Gasteiger charge is -2.30. The molecule has 0 fully saturated rings. The third-order valence-electron chi connectivity index (χ3n) is 4.19. The first kappa shape index (κ1) is 13.9. The Hall–Kier alpha value is -2.06. The third kappa shape index (κ3) is 2.72. The number of aryl methyl sites for hydroxylation is 1. The summed E-state index contributed by atoms with van der Waals surface area (Å²) in [6.45, 7) is 12.9. The maximum atomic E-state index is 4.00. The van der Waals surface area contributed by atoms with Gasteiger partial charge in [0.1, 0.15) is 0 Å². The largest absolute Gasteiger partial charge is 0.358 e.